The third-order valence-corrected chi connectivity index (χ3v) is 1.79. The molecule has 0 aromatic heterocycles. The second-order valence-electron chi connectivity index (χ2n) is 2.06. The van der Waals surface area contributed by atoms with Gasteiger partial charge in [-0.1, -0.05) is 15.9 Å². The second-order valence-corrected chi connectivity index (χ2v) is 2.70. The molecule has 0 rings (SSSR count). The number of alkyl halides is 1. The summed E-state index contributed by atoms with van der Waals surface area (Å²) in [4.78, 5) is 27.9. The topological polar surface area (TPSA) is 105 Å². The van der Waals surface area contributed by atoms with Crippen LogP contribution in [0.2, 0.25) is 0 Å². The van der Waals surface area contributed by atoms with Gasteiger partial charge < -0.3 is 9.68 Å². The van der Waals surface area contributed by atoms with E-state index in [2.05, 4.69) is 25.6 Å². The van der Waals surface area contributed by atoms with Gasteiger partial charge in [0.25, 0.3) is 10.2 Å². The Morgan fingerprint density at radius 3 is 2.08 bits per heavy atom. The molecule has 0 aliphatic heterocycles. The van der Waals surface area contributed by atoms with Crippen LogP contribution in [0.25, 0.3) is 0 Å². The van der Waals surface area contributed by atoms with Gasteiger partial charge in [0.2, 0.25) is 0 Å². The molecule has 0 heterocycles. The van der Waals surface area contributed by atoms with Crippen molar-refractivity contribution in [2.24, 2.45) is 0 Å². The largest absolute Gasteiger partial charge is 0.309 e. The molecule has 0 bridgehead atoms. The van der Waals surface area contributed by atoms with Gasteiger partial charge in [-0.05, 0) is 6.92 Å². The van der Waals surface area contributed by atoms with Crippen molar-refractivity contribution in [1.82, 2.24) is 0 Å². The Morgan fingerprint density at radius 1 is 1.31 bits per heavy atom. The lowest BCUT2D eigenvalue weighted by molar-refractivity contribution is -0.796. The van der Waals surface area contributed by atoms with E-state index in [0.29, 0.717) is 0 Å². The molecule has 2 atom stereocenters. The highest BCUT2D eigenvalue weighted by molar-refractivity contribution is 9.09. The van der Waals surface area contributed by atoms with Crippen LogP contribution < -0.4 is 0 Å². The van der Waals surface area contributed by atoms with Crippen LogP contribution in [-0.4, -0.2) is 27.7 Å². The number of nitrogens with zero attached hydrogens (tertiary/aromatic N) is 2. The first-order valence-electron chi connectivity index (χ1n) is 3.15. The fourth-order valence-corrected chi connectivity index (χ4v) is 1.20. The highest BCUT2D eigenvalue weighted by Gasteiger charge is 2.23. The van der Waals surface area contributed by atoms with Crippen LogP contribution in [0, 0.1) is 20.2 Å². The van der Waals surface area contributed by atoms with Crippen LogP contribution in [0.5, 0.6) is 0 Å². The summed E-state index contributed by atoms with van der Waals surface area (Å²) in [6.07, 6.45) is -2.00. The smallest absolute Gasteiger partial charge is 0.294 e. The maximum atomic E-state index is 9.90. The maximum Gasteiger partial charge on any atom is 0.294 e. The van der Waals surface area contributed by atoms with Crippen molar-refractivity contribution in [3.05, 3.63) is 20.2 Å². The Balaban J connectivity index is 4.06. The zero-order valence-electron chi connectivity index (χ0n) is 6.58. The van der Waals surface area contributed by atoms with E-state index in [1.807, 2.05) is 0 Å². The first-order chi connectivity index (χ1) is 5.97. The number of halogens is 1. The van der Waals surface area contributed by atoms with Crippen LogP contribution >= 0.6 is 15.9 Å². The monoisotopic (exact) mass is 258 g/mol. The number of hydrogen-bond donors (Lipinski definition) is 0. The van der Waals surface area contributed by atoms with E-state index in [-0.39, 0.29) is 5.33 Å². The summed E-state index contributed by atoms with van der Waals surface area (Å²) in [5.41, 5.74) is 0. The van der Waals surface area contributed by atoms with Gasteiger partial charge in [0.05, 0.1) is 0 Å². The summed E-state index contributed by atoms with van der Waals surface area (Å²) in [6, 6.07) is 0. The summed E-state index contributed by atoms with van der Waals surface area (Å²) in [5.74, 6) is 0. The van der Waals surface area contributed by atoms with Gasteiger partial charge >= 0.3 is 0 Å². The Bertz CT molecular complexity index is 199. The van der Waals surface area contributed by atoms with Crippen molar-refractivity contribution in [2.75, 3.05) is 5.33 Å². The summed E-state index contributed by atoms with van der Waals surface area (Å²) in [7, 11) is 0. The Labute approximate surface area is 81.1 Å². The number of rotatable bonds is 6. The molecule has 9 heteroatoms. The zero-order chi connectivity index (χ0) is 10.4. The Hall–Kier alpha value is -1.12. The maximum absolute atomic E-state index is 9.90. The lowest BCUT2D eigenvalue weighted by atomic mass is 10.3. The van der Waals surface area contributed by atoms with Crippen molar-refractivity contribution >= 4 is 15.9 Å². The highest BCUT2D eigenvalue weighted by atomic mass is 79.9. The molecule has 0 amide bonds. The highest BCUT2D eigenvalue weighted by Crippen LogP contribution is 2.07. The molecule has 0 spiro atoms. The standard InChI is InChI=1S/C4H7BrN2O6/c1-3(12-6(8)9)4(2-5)13-7(10)11/h3-4H,2H2,1H3. The van der Waals surface area contributed by atoms with E-state index in [0.717, 1.165) is 0 Å². The molecule has 0 aliphatic rings. The molecule has 0 saturated heterocycles. The molecule has 0 radical (unpaired) electrons. The van der Waals surface area contributed by atoms with Gasteiger partial charge in [0, 0.05) is 5.33 Å². The van der Waals surface area contributed by atoms with Gasteiger partial charge in [-0.2, -0.15) is 0 Å². The first-order valence-corrected chi connectivity index (χ1v) is 4.27. The molecule has 0 aliphatic carbocycles. The van der Waals surface area contributed by atoms with Gasteiger partial charge in [0.15, 0.2) is 0 Å². The van der Waals surface area contributed by atoms with Crippen molar-refractivity contribution < 1.29 is 19.8 Å². The van der Waals surface area contributed by atoms with Crippen LogP contribution in [0.15, 0.2) is 0 Å². The summed E-state index contributed by atoms with van der Waals surface area (Å²) >= 11 is 2.90. The van der Waals surface area contributed by atoms with Crippen LogP contribution in [0.4, 0.5) is 0 Å². The second kappa shape index (κ2) is 5.51. The SMILES string of the molecule is CC(O[N+](=O)[O-])C(CBr)O[N+](=O)[O-]. The average molecular weight is 259 g/mol. The normalized spacial score (nSPS) is 14.3. The summed E-state index contributed by atoms with van der Waals surface area (Å²) < 4.78 is 0. The minimum absolute atomic E-state index is 0.0724. The minimum Gasteiger partial charge on any atom is -0.309 e. The molecule has 0 N–H and O–H groups in total. The van der Waals surface area contributed by atoms with Crippen LogP contribution in [-0.2, 0) is 9.68 Å². The summed E-state index contributed by atoms with van der Waals surface area (Å²) in [5, 5.41) is 17.8. The van der Waals surface area contributed by atoms with Crippen molar-refractivity contribution in [1.29, 1.82) is 0 Å². The van der Waals surface area contributed by atoms with E-state index in [1.54, 1.807) is 0 Å². The van der Waals surface area contributed by atoms with Gasteiger partial charge in [-0.3, -0.25) is 0 Å². The number of hydrogen-bond acceptors (Lipinski definition) is 6. The zero-order valence-corrected chi connectivity index (χ0v) is 8.17. The van der Waals surface area contributed by atoms with Gasteiger partial charge in [0.1, 0.15) is 12.2 Å². The predicted octanol–water partition coefficient (Wildman–Crippen LogP) is 0.555. The fourth-order valence-electron chi connectivity index (χ4n) is 0.554. The van der Waals surface area contributed by atoms with E-state index in [9.17, 15) is 20.2 Å². The van der Waals surface area contributed by atoms with E-state index in [1.165, 1.54) is 6.92 Å². The fraction of sp³-hybridized carbons (Fsp3) is 1.00. The molecule has 0 fully saturated rings. The van der Waals surface area contributed by atoms with Crippen molar-refractivity contribution in [2.45, 2.75) is 19.1 Å². The molecule has 8 nitrogen and oxygen atoms in total. The lowest BCUT2D eigenvalue weighted by Gasteiger charge is -2.17. The molecule has 13 heavy (non-hydrogen) atoms. The van der Waals surface area contributed by atoms with Crippen molar-refractivity contribution in [3.8, 4) is 0 Å². The first kappa shape index (κ1) is 11.9. The molecule has 0 aromatic rings. The van der Waals surface area contributed by atoms with Crippen molar-refractivity contribution in [3.63, 3.8) is 0 Å². The molecule has 0 aromatic carbocycles. The minimum atomic E-state index is -1.02. The summed E-state index contributed by atoms with van der Waals surface area (Å²) in [6.45, 7) is 1.30. The Morgan fingerprint density at radius 2 is 1.77 bits per heavy atom. The predicted molar refractivity (Wildman–Crippen MR) is 43.2 cm³/mol. The molecule has 0 saturated carbocycles. The Kier molecular flexibility index (Phi) is 5.04. The van der Waals surface area contributed by atoms with Crippen LogP contribution in [0.3, 0.4) is 0 Å². The lowest BCUT2D eigenvalue weighted by Crippen LogP contribution is -2.33. The molecular weight excluding hydrogens is 252 g/mol. The van der Waals surface area contributed by atoms with Crippen LogP contribution in [0.1, 0.15) is 6.92 Å². The molecule has 2 unspecified atom stereocenters. The quantitative estimate of drug-likeness (QED) is 0.392. The molecular formula is C4H7BrN2O6. The van der Waals surface area contributed by atoms with E-state index < -0.39 is 22.4 Å². The van der Waals surface area contributed by atoms with Gasteiger partial charge in [-0.15, -0.1) is 20.2 Å². The van der Waals surface area contributed by atoms with E-state index in [4.69, 9.17) is 0 Å². The third kappa shape index (κ3) is 5.17. The average Bonchev–Trinajstić information content (AvgIpc) is 1.98. The van der Waals surface area contributed by atoms with E-state index >= 15 is 0 Å². The third-order valence-electron chi connectivity index (χ3n) is 1.15. The van der Waals surface area contributed by atoms with Gasteiger partial charge in [-0.25, -0.2) is 0 Å². The molecule has 76 valence electrons.